The number of H-pyrrole nitrogens is 1. The minimum atomic E-state index is 0.403. The SMILES string of the molecule is Cc1ccc2[nH]c3c(c2c1)CCC3Nc1ccccc1. The van der Waals surface area contributed by atoms with E-state index < -0.39 is 0 Å². The summed E-state index contributed by atoms with van der Waals surface area (Å²) in [6.07, 6.45) is 2.32. The van der Waals surface area contributed by atoms with Gasteiger partial charge >= 0.3 is 0 Å². The Morgan fingerprint density at radius 1 is 1.10 bits per heavy atom. The van der Waals surface area contributed by atoms with Crippen molar-refractivity contribution in [3.63, 3.8) is 0 Å². The largest absolute Gasteiger partial charge is 0.377 e. The molecule has 1 unspecified atom stereocenters. The number of nitrogens with one attached hydrogen (secondary N) is 2. The summed E-state index contributed by atoms with van der Waals surface area (Å²) in [4.78, 5) is 3.61. The van der Waals surface area contributed by atoms with Gasteiger partial charge in [0, 0.05) is 22.3 Å². The van der Waals surface area contributed by atoms with Gasteiger partial charge in [-0.05, 0) is 49.6 Å². The first kappa shape index (κ1) is 11.6. The highest BCUT2D eigenvalue weighted by Crippen LogP contribution is 2.38. The van der Waals surface area contributed by atoms with Crippen LogP contribution < -0.4 is 5.32 Å². The fourth-order valence-corrected chi connectivity index (χ4v) is 3.26. The van der Waals surface area contributed by atoms with Crippen LogP contribution in [0.3, 0.4) is 0 Å². The molecule has 0 saturated heterocycles. The minimum absolute atomic E-state index is 0.403. The lowest BCUT2D eigenvalue weighted by Crippen LogP contribution is -2.07. The van der Waals surface area contributed by atoms with Crippen LogP contribution in [-0.2, 0) is 6.42 Å². The van der Waals surface area contributed by atoms with E-state index >= 15 is 0 Å². The predicted molar refractivity (Wildman–Crippen MR) is 84.2 cm³/mol. The molecule has 1 aromatic heterocycles. The number of benzene rings is 2. The number of hydrogen-bond acceptors (Lipinski definition) is 1. The van der Waals surface area contributed by atoms with Crippen molar-refractivity contribution in [2.24, 2.45) is 0 Å². The van der Waals surface area contributed by atoms with Crippen LogP contribution in [0.4, 0.5) is 5.69 Å². The summed E-state index contributed by atoms with van der Waals surface area (Å²) in [5.74, 6) is 0. The van der Waals surface area contributed by atoms with E-state index in [9.17, 15) is 0 Å². The predicted octanol–water partition coefficient (Wildman–Crippen LogP) is 4.58. The normalized spacial score (nSPS) is 17.4. The molecule has 20 heavy (non-hydrogen) atoms. The lowest BCUT2D eigenvalue weighted by molar-refractivity contribution is 0.747. The fraction of sp³-hybridized carbons (Fsp3) is 0.222. The van der Waals surface area contributed by atoms with E-state index in [-0.39, 0.29) is 0 Å². The fourth-order valence-electron chi connectivity index (χ4n) is 3.26. The number of fused-ring (bicyclic) bond motifs is 3. The molecule has 1 atom stereocenters. The van der Waals surface area contributed by atoms with Crippen LogP contribution in [0.15, 0.2) is 48.5 Å². The smallest absolute Gasteiger partial charge is 0.0669 e. The summed E-state index contributed by atoms with van der Waals surface area (Å²) in [6.45, 7) is 2.16. The summed E-state index contributed by atoms with van der Waals surface area (Å²) < 4.78 is 0. The van der Waals surface area contributed by atoms with Crippen molar-refractivity contribution in [3.8, 4) is 0 Å². The second kappa shape index (κ2) is 4.41. The van der Waals surface area contributed by atoms with Crippen LogP contribution in [0.5, 0.6) is 0 Å². The number of anilines is 1. The number of aromatic nitrogens is 1. The molecule has 0 saturated carbocycles. The van der Waals surface area contributed by atoms with Gasteiger partial charge in [-0.3, -0.25) is 0 Å². The van der Waals surface area contributed by atoms with Crippen LogP contribution in [0.2, 0.25) is 0 Å². The van der Waals surface area contributed by atoms with Gasteiger partial charge in [0.2, 0.25) is 0 Å². The van der Waals surface area contributed by atoms with E-state index in [4.69, 9.17) is 0 Å². The summed E-state index contributed by atoms with van der Waals surface area (Å²) in [7, 11) is 0. The highest BCUT2D eigenvalue weighted by molar-refractivity contribution is 5.86. The molecule has 1 heterocycles. The Bertz CT molecular complexity index is 756. The molecule has 0 bridgehead atoms. The summed E-state index contributed by atoms with van der Waals surface area (Å²) in [5, 5.41) is 5.04. The number of para-hydroxylation sites is 1. The van der Waals surface area contributed by atoms with Gasteiger partial charge in [-0.1, -0.05) is 29.8 Å². The minimum Gasteiger partial charge on any atom is -0.377 e. The zero-order valence-corrected chi connectivity index (χ0v) is 11.6. The first-order valence-electron chi connectivity index (χ1n) is 7.24. The average molecular weight is 262 g/mol. The number of aryl methyl sites for hydroxylation is 2. The Labute approximate surface area is 118 Å². The highest BCUT2D eigenvalue weighted by atomic mass is 15.0. The lowest BCUT2D eigenvalue weighted by Gasteiger charge is -2.14. The van der Waals surface area contributed by atoms with Crippen molar-refractivity contribution < 1.29 is 0 Å². The average Bonchev–Trinajstić information content (AvgIpc) is 3.00. The van der Waals surface area contributed by atoms with Crippen molar-refractivity contribution in [1.29, 1.82) is 0 Å². The molecular weight excluding hydrogens is 244 g/mol. The molecule has 2 heteroatoms. The molecule has 100 valence electrons. The molecule has 2 N–H and O–H groups in total. The van der Waals surface area contributed by atoms with Gasteiger partial charge in [0.15, 0.2) is 0 Å². The third-order valence-electron chi connectivity index (χ3n) is 4.24. The quantitative estimate of drug-likeness (QED) is 0.695. The van der Waals surface area contributed by atoms with E-state index in [2.05, 4.69) is 65.8 Å². The van der Waals surface area contributed by atoms with Gasteiger partial charge in [0.1, 0.15) is 0 Å². The molecule has 1 aliphatic carbocycles. The number of aromatic amines is 1. The van der Waals surface area contributed by atoms with E-state index in [0.29, 0.717) is 6.04 Å². The maximum atomic E-state index is 3.64. The highest BCUT2D eigenvalue weighted by Gasteiger charge is 2.26. The van der Waals surface area contributed by atoms with Crippen LogP contribution in [-0.4, -0.2) is 4.98 Å². The van der Waals surface area contributed by atoms with Crippen molar-refractivity contribution in [3.05, 3.63) is 65.4 Å². The topological polar surface area (TPSA) is 27.8 Å². The molecule has 0 fully saturated rings. The van der Waals surface area contributed by atoms with Gasteiger partial charge in [-0.25, -0.2) is 0 Å². The van der Waals surface area contributed by atoms with Crippen molar-refractivity contribution >= 4 is 16.6 Å². The molecule has 2 aromatic carbocycles. The van der Waals surface area contributed by atoms with Gasteiger partial charge < -0.3 is 10.3 Å². The van der Waals surface area contributed by atoms with Crippen molar-refractivity contribution in [1.82, 2.24) is 4.98 Å². The van der Waals surface area contributed by atoms with Gasteiger partial charge in [0.25, 0.3) is 0 Å². The second-order valence-corrected chi connectivity index (χ2v) is 5.67. The van der Waals surface area contributed by atoms with Gasteiger partial charge in [0.05, 0.1) is 6.04 Å². The van der Waals surface area contributed by atoms with Gasteiger partial charge in [-0.15, -0.1) is 0 Å². The molecule has 1 aliphatic rings. The van der Waals surface area contributed by atoms with E-state index in [1.807, 2.05) is 0 Å². The molecule has 4 rings (SSSR count). The van der Waals surface area contributed by atoms with Crippen molar-refractivity contribution in [2.45, 2.75) is 25.8 Å². The first-order chi connectivity index (χ1) is 9.81. The molecule has 0 spiro atoms. The van der Waals surface area contributed by atoms with E-state index in [1.54, 1.807) is 0 Å². The standard InChI is InChI=1S/C18H18N2/c1-12-7-9-16-15(11-12)14-8-10-17(18(14)20-16)19-13-5-3-2-4-6-13/h2-7,9,11,17,19-20H,8,10H2,1H3. The first-order valence-corrected chi connectivity index (χ1v) is 7.24. The van der Waals surface area contributed by atoms with E-state index in [0.717, 1.165) is 6.42 Å². The number of hydrogen-bond donors (Lipinski definition) is 2. The molecule has 2 nitrogen and oxygen atoms in total. The molecule has 0 aliphatic heterocycles. The number of rotatable bonds is 2. The maximum Gasteiger partial charge on any atom is 0.0669 e. The van der Waals surface area contributed by atoms with Gasteiger partial charge in [-0.2, -0.15) is 0 Å². The maximum absolute atomic E-state index is 3.64. The molecular formula is C18H18N2. The summed E-state index contributed by atoms with van der Waals surface area (Å²) in [5.41, 5.74) is 6.66. The lowest BCUT2D eigenvalue weighted by atomic mass is 10.1. The molecule has 0 radical (unpaired) electrons. The van der Waals surface area contributed by atoms with Crippen LogP contribution in [0, 0.1) is 6.92 Å². The Hall–Kier alpha value is -2.22. The summed E-state index contributed by atoms with van der Waals surface area (Å²) >= 11 is 0. The Balaban J connectivity index is 1.73. The Morgan fingerprint density at radius 2 is 1.95 bits per heavy atom. The van der Waals surface area contributed by atoms with Crippen molar-refractivity contribution in [2.75, 3.05) is 5.32 Å². The van der Waals surface area contributed by atoms with E-state index in [1.165, 1.54) is 39.8 Å². The molecule has 0 amide bonds. The molecule has 3 aromatic rings. The Morgan fingerprint density at radius 3 is 2.80 bits per heavy atom. The summed E-state index contributed by atoms with van der Waals surface area (Å²) in [6, 6.07) is 17.5. The second-order valence-electron chi connectivity index (χ2n) is 5.67. The monoisotopic (exact) mass is 262 g/mol. The Kier molecular flexibility index (Phi) is 2.56. The third-order valence-corrected chi connectivity index (χ3v) is 4.24. The van der Waals surface area contributed by atoms with Crippen LogP contribution >= 0.6 is 0 Å². The zero-order chi connectivity index (χ0) is 13.5. The van der Waals surface area contributed by atoms with Crippen LogP contribution in [0.1, 0.15) is 29.3 Å². The third kappa shape index (κ3) is 1.80. The van der Waals surface area contributed by atoms with Crippen LogP contribution in [0.25, 0.3) is 10.9 Å². The zero-order valence-electron chi connectivity index (χ0n) is 11.6.